The highest BCUT2D eigenvalue weighted by atomic mass is 16.5. The fourth-order valence-electron chi connectivity index (χ4n) is 1.84. The van der Waals surface area contributed by atoms with Crippen LogP contribution >= 0.6 is 0 Å². The third-order valence-corrected chi connectivity index (χ3v) is 2.65. The molecule has 0 atom stereocenters. The van der Waals surface area contributed by atoms with E-state index in [1.807, 2.05) is 0 Å². The van der Waals surface area contributed by atoms with Crippen molar-refractivity contribution < 1.29 is 9.15 Å². The summed E-state index contributed by atoms with van der Waals surface area (Å²) in [6.07, 6.45) is 0. The van der Waals surface area contributed by atoms with E-state index >= 15 is 0 Å². The second kappa shape index (κ2) is 3.35. The molecule has 1 N–H and O–H groups in total. The van der Waals surface area contributed by atoms with E-state index < -0.39 is 0 Å². The number of aromatic amines is 1. The Bertz CT molecular complexity index is 770. The molecule has 3 aromatic rings. The van der Waals surface area contributed by atoms with Crippen molar-refractivity contribution in [3.05, 3.63) is 34.2 Å². The van der Waals surface area contributed by atoms with E-state index in [-0.39, 0.29) is 5.43 Å². The number of nitrogens with zero attached hydrogens (tertiary/aromatic N) is 1. The van der Waals surface area contributed by atoms with E-state index in [4.69, 9.17) is 9.15 Å². The van der Waals surface area contributed by atoms with Crippen molar-refractivity contribution in [1.82, 2.24) is 9.97 Å². The molecule has 0 saturated carbocycles. The fourth-order valence-corrected chi connectivity index (χ4v) is 1.84. The number of fused-ring (bicyclic) bond motifs is 2. The third kappa shape index (κ3) is 1.39. The Morgan fingerprint density at radius 3 is 3.00 bits per heavy atom. The molecule has 0 unspecified atom stereocenters. The number of imidazole rings is 1. The number of hydrogen-bond acceptors (Lipinski definition) is 4. The number of aromatic nitrogens is 2. The minimum Gasteiger partial charge on any atom is -0.497 e. The molecule has 17 heavy (non-hydrogen) atoms. The van der Waals surface area contributed by atoms with E-state index in [0.717, 1.165) is 0 Å². The van der Waals surface area contributed by atoms with Crippen LogP contribution in [0.3, 0.4) is 0 Å². The Morgan fingerprint density at radius 2 is 2.24 bits per heavy atom. The van der Waals surface area contributed by atoms with Gasteiger partial charge in [-0.15, -0.1) is 0 Å². The lowest BCUT2D eigenvalue weighted by atomic mass is 10.2. The molecule has 0 aliphatic heterocycles. The quantitative estimate of drug-likeness (QED) is 0.694. The number of hydrogen-bond donors (Lipinski definition) is 1. The molecular formula is C12H10N2O3. The molecule has 0 saturated heterocycles. The van der Waals surface area contributed by atoms with Crippen molar-refractivity contribution in [3.63, 3.8) is 0 Å². The Balaban J connectivity index is 2.50. The predicted octanol–water partition coefficient (Wildman–Crippen LogP) is 1.99. The van der Waals surface area contributed by atoms with Gasteiger partial charge in [0.2, 0.25) is 11.1 Å². The number of aryl methyl sites for hydroxylation is 1. The lowest BCUT2D eigenvalue weighted by Crippen LogP contribution is -2.02. The van der Waals surface area contributed by atoms with Crippen molar-refractivity contribution in [2.75, 3.05) is 7.11 Å². The van der Waals surface area contributed by atoms with Gasteiger partial charge in [-0.2, -0.15) is 4.98 Å². The summed E-state index contributed by atoms with van der Waals surface area (Å²) in [4.78, 5) is 19.2. The molecule has 3 rings (SSSR count). The van der Waals surface area contributed by atoms with Crippen LogP contribution in [-0.4, -0.2) is 17.1 Å². The molecule has 0 aliphatic rings. The summed E-state index contributed by atoms with van der Waals surface area (Å²) in [6, 6.07) is 5.12. The molecule has 5 nitrogen and oxygen atoms in total. The molecule has 2 heterocycles. The Labute approximate surface area is 96.0 Å². The molecule has 86 valence electrons. The maximum atomic E-state index is 12.2. The molecule has 0 bridgehead atoms. The maximum Gasteiger partial charge on any atom is 0.249 e. The van der Waals surface area contributed by atoms with E-state index in [0.29, 0.717) is 33.8 Å². The molecule has 1 aromatic carbocycles. The normalized spacial score (nSPS) is 11.2. The molecule has 5 heteroatoms. The van der Waals surface area contributed by atoms with Crippen LogP contribution < -0.4 is 10.2 Å². The van der Waals surface area contributed by atoms with E-state index in [9.17, 15) is 4.79 Å². The monoisotopic (exact) mass is 230 g/mol. The van der Waals surface area contributed by atoms with E-state index in [2.05, 4.69) is 9.97 Å². The van der Waals surface area contributed by atoms with Crippen LogP contribution in [0, 0.1) is 6.92 Å². The van der Waals surface area contributed by atoms with Crippen LogP contribution in [0.25, 0.3) is 22.2 Å². The van der Waals surface area contributed by atoms with E-state index in [1.165, 1.54) is 0 Å². The maximum absolute atomic E-state index is 12.2. The van der Waals surface area contributed by atoms with Gasteiger partial charge in [-0.3, -0.25) is 4.79 Å². The summed E-state index contributed by atoms with van der Waals surface area (Å²) in [6.45, 7) is 1.78. The molecule has 0 aliphatic carbocycles. The van der Waals surface area contributed by atoms with Gasteiger partial charge in [0.05, 0.1) is 12.5 Å². The SMILES string of the molecule is COc1ccc2oc3nc(C)[nH]c3c(=O)c2c1. The van der Waals surface area contributed by atoms with Gasteiger partial charge in [-0.25, -0.2) is 0 Å². The molecule has 0 fully saturated rings. The van der Waals surface area contributed by atoms with Gasteiger partial charge in [0.15, 0.2) is 5.52 Å². The number of ether oxygens (including phenoxy) is 1. The Kier molecular flexibility index (Phi) is 1.95. The summed E-state index contributed by atoms with van der Waals surface area (Å²) >= 11 is 0. The van der Waals surface area contributed by atoms with Gasteiger partial charge in [0.1, 0.15) is 17.2 Å². The largest absolute Gasteiger partial charge is 0.497 e. The topological polar surface area (TPSA) is 68.1 Å². The first-order valence-electron chi connectivity index (χ1n) is 5.16. The van der Waals surface area contributed by atoms with Crippen LogP contribution in [-0.2, 0) is 0 Å². The zero-order valence-corrected chi connectivity index (χ0v) is 9.40. The minimum absolute atomic E-state index is 0.124. The number of nitrogens with one attached hydrogen (secondary N) is 1. The number of rotatable bonds is 1. The Hall–Kier alpha value is -2.30. The molecule has 0 spiro atoms. The summed E-state index contributed by atoms with van der Waals surface area (Å²) in [7, 11) is 1.56. The molecule has 0 radical (unpaired) electrons. The zero-order valence-electron chi connectivity index (χ0n) is 9.40. The van der Waals surface area contributed by atoms with Gasteiger partial charge < -0.3 is 14.1 Å². The Morgan fingerprint density at radius 1 is 1.41 bits per heavy atom. The first kappa shape index (κ1) is 9.89. The van der Waals surface area contributed by atoms with Crippen molar-refractivity contribution >= 4 is 22.2 Å². The smallest absolute Gasteiger partial charge is 0.249 e. The van der Waals surface area contributed by atoms with Crippen LogP contribution in [0.15, 0.2) is 27.4 Å². The van der Waals surface area contributed by atoms with Gasteiger partial charge >= 0.3 is 0 Å². The van der Waals surface area contributed by atoms with Gasteiger partial charge in [-0.05, 0) is 25.1 Å². The van der Waals surface area contributed by atoms with Crippen LogP contribution in [0.2, 0.25) is 0 Å². The summed E-state index contributed by atoms with van der Waals surface area (Å²) in [5, 5.41) is 0.487. The van der Waals surface area contributed by atoms with Gasteiger partial charge in [-0.1, -0.05) is 0 Å². The highest BCUT2D eigenvalue weighted by molar-refractivity contribution is 5.87. The van der Waals surface area contributed by atoms with Crippen LogP contribution in [0.1, 0.15) is 5.82 Å². The molecule has 2 aromatic heterocycles. The summed E-state index contributed by atoms with van der Waals surface area (Å²) in [5.41, 5.74) is 1.11. The highest BCUT2D eigenvalue weighted by Crippen LogP contribution is 2.21. The summed E-state index contributed by atoms with van der Waals surface area (Å²) in [5.74, 6) is 1.28. The lowest BCUT2D eigenvalue weighted by Gasteiger charge is -2.00. The zero-order chi connectivity index (χ0) is 12.0. The standard InChI is InChI=1S/C12H10N2O3/c1-6-13-10-11(15)8-5-7(16-2)3-4-9(8)17-12(10)14-6/h3-5H,1-2H3,(H,13,14). The number of methoxy groups -OCH3 is 1. The molecular weight excluding hydrogens is 220 g/mol. The predicted molar refractivity (Wildman–Crippen MR) is 63.4 cm³/mol. The number of benzene rings is 1. The van der Waals surface area contributed by atoms with E-state index in [1.54, 1.807) is 32.2 Å². The van der Waals surface area contributed by atoms with Gasteiger partial charge in [0, 0.05) is 0 Å². The average Bonchev–Trinajstić information content (AvgIpc) is 2.70. The van der Waals surface area contributed by atoms with Crippen molar-refractivity contribution in [2.45, 2.75) is 6.92 Å². The van der Waals surface area contributed by atoms with Crippen molar-refractivity contribution in [2.24, 2.45) is 0 Å². The summed E-state index contributed by atoms with van der Waals surface area (Å²) < 4.78 is 10.6. The van der Waals surface area contributed by atoms with Gasteiger partial charge in [0.25, 0.3) is 0 Å². The first-order valence-corrected chi connectivity index (χ1v) is 5.16. The fraction of sp³-hybridized carbons (Fsp3) is 0.167. The van der Waals surface area contributed by atoms with Crippen molar-refractivity contribution in [1.29, 1.82) is 0 Å². The van der Waals surface area contributed by atoms with Crippen LogP contribution in [0.5, 0.6) is 5.75 Å². The highest BCUT2D eigenvalue weighted by Gasteiger charge is 2.11. The number of H-pyrrole nitrogens is 1. The average molecular weight is 230 g/mol. The third-order valence-electron chi connectivity index (χ3n) is 2.65. The minimum atomic E-state index is -0.124. The second-order valence-electron chi connectivity index (χ2n) is 3.80. The second-order valence-corrected chi connectivity index (χ2v) is 3.80. The van der Waals surface area contributed by atoms with Crippen LogP contribution in [0.4, 0.5) is 0 Å². The first-order chi connectivity index (χ1) is 8.19. The molecule has 0 amide bonds. The lowest BCUT2D eigenvalue weighted by molar-refractivity contribution is 0.415. The van der Waals surface area contributed by atoms with Crippen molar-refractivity contribution in [3.8, 4) is 5.75 Å².